The van der Waals surface area contributed by atoms with Crippen molar-refractivity contribution in [1.29, 1.82) is 5.26 Å². The van der Waals surface area contributed by atoms with Crippen LogP contribution in [0.5, 0.6) is 0 Å². The number of allylic oxidation sites excluding steroid dienone is 1. The minimum Gasteiger partial charge on any atom is -0.383 e. The second kappa shape index (κ2) is 8.03. The number of nitriles is 1. The molecule has 25 heavy (non-hydrogen) atoms. The first-order valence-corrected chi connectivity index (χ1v) is 8.97. The zero-order chi connectivity index (χ0) is 18.6. The van der Waals surface area contributed by atoms with Crippen molar-refractivity contribution < 1.29 is 0 Å². The molecule has 2 rings (SSSR count). The lowest BCUT2D eigenvalue weighted by Crippen LogP contribution is -2.11. The second-order valence-electron chi connectivity index (χ2n) is 6.90. The third kappa shape index (κ3) is 4.12. The van der Waals surface area contributed by atoms with Crippen molar-refractivity contribution in [2.75, 3.05) is 5.32 Å². The van der Waals surface area contributed by atoms with Crippen LogP contribution in [0.1, 0.15) is 60.6 Å². The fourth-order valence-corrected chi connectivity index (χ4v) is 3.23. The number of hydrogen-bond acceptors (Lipinski definition) is 2. The van der Waals surface area contributed by atoms with E-state index in [1.54, 1.807) is 0 Å². The van der Waals surface area contributed by atoms with Crippen LogP contribution in [0.3, 0.4) is 0 Å². The van der Waals surface area contributed by atoms with Crippen molar-refractivity contribution in [3.63, 3.8) is 0 Å². The molecule has 0 saturated carbocycles. The van der Waals surface area contributed by atoms with Crippen molar-refractivity contribution in [3.8, 4) is 6.07 Å². The van der Waals surface area contributed by atoms with Crippen LogP contribution in [0.15, 0.2) is 36.4 Å². The van der Waals surface area contributed by atoms with Crippen LogP contribution in [0.25, 0.3) is 5.57 Å². The zero-order valence-corrected chi connectivity index (χ0v) is 16.2. The monoisotopic (exact) mass is 332 g/mol. The molecule has 0 aliphatic carbocycles. The first kappa shape index (κ1) is 18.8. The molecular weight excluding hydrogens is 304 g/mol. The van der Waals surface area contributed by atoms with Crippen molar-refractivity contribution in [3.05, 3.63) is 69.8 Å². The van der Waals surface area contributed by atoms with Gasteiger partial charge in [-0.15, -0.1) is 0 Å². The average Bonchev–Trinajstić information content (AvgIpc) is 2.55. The molecule has 0 bridgehead atoms. The largest absolute Gasteiger partial charge is 0.383 e. The highest BCUT2D eigenvalue weighted by Gasteiger charge is 2.14. The number of benzene rings is 2. The van der Waals surface area contributed by atoms with Crippen LogP contribution in [0.2, 0.25) is 0 Å². The van der Waals surface area contributed by atoms with E-state index in [1.165, 1.54) is 28.0 Å². The van der Waals surface area contributed by atoms with Crippen LogP contribution in [-0.2, 0) is 0 Å². The van der Waals surface area contributed by atoms with E-state index in [-0.39, 0.29) is 0 Å². The fraction of sp³-hybridized carbons (Fsp3) is 0.348. The molecule has 130 valence electrons. The molecule has 1 N–H and O–H groups in total. The summed E-state index contributed by atoms with van der Waals surface area (Å²) in [6.07, 6.45) is 3.21. The predicted molar refractivity (Wildman–Crippen MR) is 108 cm³/mol. The van der Waals surface area contributed by atoms with E-state index in [9.17, 15) is 5.26 Å². The van der Waals surface area contributed by atoms with Crippen molar-refractivity contribution in [2.24, 2.45) is 0 Å². The number of aryl methyl sites for hydroxylation is 2. The molecule has 0 atom stereocenters. The quantitative estimate of drug-likeness (QED) is 0.713. The third-order valence-corrected chi connectivity index (χ3v) is 4.46. The van der Waals surface area contributed by atoms with Gasteiger partial charge in [-0.3, -0.25) is 0 Å². The summed E-state index contributed by atoms with van der Waals surface area (Å²) < 4.78 is 0. The summed E-state index contributed by atoms with van der Waals surface area (Å²) in [6, 6.07) is 13.3. The summed E-state index contributed by atoms with van der Waals surface area (Å²) in [7, 11) is 0. The van der Waals surface area contributed by atoms with Gasteiger partial charge in [-0.2, -0.15) is 5.26 Å². The van der Waals surface area contributed by atoms with Gasteiger partial charge in [-0.05, 0) is 86.6 Å². The summed E-state index contributed by atoms with van der Waals surface area (Å²) in [6.45, 7) is 12.7. The van der Waals surface area contributed by atoms with Crippen LogP contribution >= 0.6 is 0 Å². The molecule has 0 heterocycles. The standard InChI is InChI=1S/C23H28N2/c1-7-9-21(22-13-19(14-24)16(4)12-17(22)5)20-10-8-11-23(18(20)6)25-15(2)3/h8-13,15,25H,7H2,1-6H3/b21-9-. The molecule has 0 unspecified atom stereocenters. The smallest absolute Gasteiger partial charge is 0.0994 e. The van der Waals surface area contributed by atoms with Crippen LogP contribution in [-0.4, -0.2) is 6.04 Å². The normalized spacial score (nSPS) is 11.5. The lowest BCUT2D eigenvalue weighted by atomic mass is 9.88. The van der Waals surface area contributed by atoms with E-state index in [0.717, 1.165) is 23.1 Å². The number of nitrogens with one attached hydrogen (secondary N) is 1. The Bertz CT molecular complexity index is 836. The lowest BCUT2D eigenvalue weighted by Gasteiger charge is -2.19. The van der Waals surface area contributed by atoms with E-state index < -0.39 is 0 Å². The summed E-state index contributed by atoms with van der Waals surface area (Å²) >= 11 is 0. The first-order valence-electron chi connectivity index (χ1n) is 8.97. The minimum atomic E-state index is 0.388. The van der Waals surface area contributed by atoms with E-state index in [1.807, 2.05) is 13.0 Å². The maximum Gasteiger partial charge on any atom is 0.0994 e. The van der Waals surface area contributed by atoms with E-state index >= 15 is 0 Å². The highest BCUT2D eigenvalue weighted by Crippen LogP contribution is 2.33. The van der Waals surface area contributed by atoms with Crippen molar-refractivity contribution in [1.82, 2.24) is 0 Å². The Kier molecular flexibility index (Phi) is 6.04. The molecule has 0 fully saturated rings. The number of anilines is 1. The van der Waals surface area contributed by atoms with Gasteiger partial charge in [0, 0.05) is 11.7 Å². The third-order valence-electron chi connectivity index (χ3n) is 4.46. The zero-order valence-electron chi connectivity index (χ0n) is 16.2. The Balaban J connectivity index is 2.66. The molecule has 0 radical (unpaired) electrons. The van der Waals surface area contributed by atoms with Gasteiger partial charge in [0.2, 0.25) is 0 Å². The first-order chi connectivity index (χ1) is 11.9. The van der Waals surface area contributed by atoms with Crippen molar-refractivity contribution >= 4 is 11.3 Å². The Morgan fingerprint density at radius 2 is 1.84 bits per heavy atom. The molecule has 0 aliphatic rings. The highest BCUT2D eigenvalue weighted by atomic mass is 14.9. The molecule has 2 aromatic carbocycles. The van der Waals surface area contributed by atoms with Gasteiger partial charge in [0.15, 0.2) is 0 Å². The van der Waals surface area contributed by atoms with Gasteiger partial charge in [-0.1, -0.05) is 31.2 Å². The summed E-state index contributed by atoms with van der Waals surface area (Å²) in [4.78, 5) is 0. The van der Waals surface area contributed by atoms with Crippen LogP contribution < -0.4 is 5.32 Å². The number of hydrogen-bond donors (Lipinski definition) is 1. The van der Waals surface area contributed by atoms with Gasteiger partial charge in [0.05, 0.1) is 11.6 Å². The van der Waals surface area contributed by atoms with E-state index in [0.29, 0.717) is 6.04 Å². The molecule has 2 nitrogen and oxygen atoms in total. The Morgan fingerprint density at radius 3 is 2.44 bits per heavy atom. The van der Waals surface area contributed by atoms with Gasteiger partial charge in [0.1, 0.15) is 0 Å². The van der Waals surface area contributed by atoms with Gasteiger partial charge < -0.3 is 5.32 Å². The second-order valence-corrected chi connectivity index (χ2v) is 6.90. The minimum absolute atomic E-state index is 0.388. The van der Waals surface area contributed by atoms with Gasteiger partial charge in [0.25, 0.3) is 0 Å². The molecule has 2 heteroatoms. The summed E-state index contributed by atoms with van der Waals surface area (Å²) in [5.74, 6) is 0. The SMILES string of the molecule is CC/C=C(\c1cc(C#N)c(C)cc1C)c1cccc(NC(C)C)c1C. The van der Waals surface area contributed by atoms with E-state index in [4.69, 9.17) is 0 Å². The average molecular weight is 332 g/mol. The molecular formula is C23H28N2. The topological polar surface area (TPSA) is 35.8 Å². The molecule has 0 spiro atoms. The summed E-state index contributed by atoms with van der Waals surface area (Å²) in [5, 5.41) is 13.0. The molecule has 2 aromatic rings. The summed E-state index contributed by atoms with van der Waals surface area (Å²) in [5.41, 5.74) is 8.98. The number of rotatable bonds is 5. The van der Waals surface area contributed by atoms with E-state index in [2.05, 4.69) is 76.3 Å². The maximum absolute atomic E-state index is 9.43. The van der Waals surface area contributed by atoms with Crippen LogP contribution in [0, 0.1) is 32.1 Å². The molecule has 0 saturated heterocycles. The lowest BCUT2D eigenvalue weighted by molar-refractivity contribution is 0.897. The molecule has 0 aliphatic heterocycles. The van der Waals surface area contributed by atoms with Crippen molar-refractivity contribution in [2.45, 2.75) is 54.0 Å². The maximum atomic E-state index is 9.43. The Morgan fingerprint density at radius 1 is 1.12 bits per heavy atom. The fourth-order valence-electron chi connectivity index (χ4n) is 3.23. The van der Waals surface area contributed by atoms with Crippen LogP contribution in [0.4, 0.5) is 5.69 Å². The van der Waals surface area contributed by atoms with Gasteiger partial charge in [-0.25, -0.2) is 0 Å². The van der Waals surface area contributed by atoms with Gasteiger partial charge >= 0.3 is 0 Å². The Labute approximate surface area is 152 Å². The molecule has 0 aromatic heterocycles. The predicted octanol–water partition coefficient (Wildman–Crippen LogP) is 6.15. The highest BCUT2D eigenvalue weighted by molar-refractivity contribution is 5.85. The number of nitrogens with zero attached hydrogens (tertiary/aromatic N) is 1. The Hall–Kier alpha value is -2.53. The molecule has 0 amide bonds.